The number of carbonyl (C=O) groups excluding carboxylic acids is 1. The first kappa shape index (κ1) is 8.56. The summed E-state index contributed by atoms with van der Waals surface area (Å²) in [5.41, 5.74) is 0. The highest BCUT2D eigenvalue weighted by Crippen LogP contribution is 2.35. The summed E-state index contributed by atoms with van der Waals surface area (Å²) in [6, 6.07) is 0. The van der Waals surface area contributed by atoms with Crippen molar-refractivity contribution in [3.05, 3.63) is 0 Å². The second-order valence-corrected chi connectivity index (χ2v) is 2.87. The van der Waals surface area contributed by atoms with Gasteiger partial charge in [0, 0.05) is 12.8 Å². The van der Waals surface area contributed by atoms with Crippen molar-refractivity contribution >= 4 is 5.78 Å². The lowest BCUT2D eigenvalue weighted by atomic mass is 9.88. The molecule has 0 N–H and O–H groups in total. The first-order valence-electron chi connectivity index (χ1n) is 3.58. The molecule has 0 aromatic carbocycles. The Morgan fingerprint density at radius 3 is 2.36 bits per heavy atom. The van der Waals surface area contributed by atoms with Gasteiger partial charge in [-0.2, -0.15) is 13.2 Å². The maximum Gasteiger partial charge on any atom is 0.392 e. The Morgan fingerprint density at radius 2 is 2.00 bits per heavy atom. The lowest BCUT2D eigenvalue weighted by molar-refractivity contribution is -0.183. The van der Waals surface area contributed by atoms with Gasteiger partial charge in [0.1, 0.15) is 5.78 Å². The van der Waals surface area contributed by atoms with Crippen molar-refractivity contribution in [1.82, 2.24) is 0 Å². The van der Waals surface area contributed by atoms with Crippen LogP contribution >= 0.6 is 0 Å². The lowest BCUT2D eigenvalue weighted by Gasteiger charge is -2.22. The van der Waals surface area contributed by atoms with E-state index in [9.17, 15) is 18.0 Å². The number of alkyl halides is 3. The van der Waals surface area contributed by atoms with Gasteiger partial charge < -0.3 is 0 Å². The minimum absolute atomic E-state index is 0.120. The second kappa shape index (κ2) is 2.83. The molecule has 0 radical (unpaired) electrons. The molecular formula is C7H9F3O. The Morgan fingerprint density at radius 1 is 1.36 bits per heavy atom. The monoisotopic (exact) mass is 166 g/mol. The molecule has 64 valence electrons. The first-order valence-corrected chi connectivity index (χ1v) is 3.58. The van der Waals surface area contributed by atoms with E-state index in [-0.39, 0.29) is 18.6 Å². The van der Waals surface area contributed by atoms with Crippen LogP contribution in [-0.4, -0.2) is 12.0 Å². The van der Waals surface area contributed by atoms with Gasteiger partial charge in [-0.1, -0.05) is 0 Å². The van der Waals surface area contributed by atoms with Gasteiger partial charge in [-0.25, -0.2) is 0 Å². The molecule has 0 amide bonds. The maximum atomic E-state index is 12.0. The summed E-state index contributed by atoms with van der Waals surface area (Å²) in [5, 5.41) is 0. The van der Waals surface area contributed by atoms with E-state index in [0.717, 1.165) is 0 Å². The molecule has 0 aromatic heterocycles. The summed E-state index contributed by atoms with van der Waals surface area (Å²) in [6.07, 6.45) is -3.63. The van der Waals surface area contributed by atoms with E-state index in [1.807, 2.05) is 0 Å². The highest BCUT2D eigenvalue weighted by Gasteiger charge is 2.41. The number of carbonyl (C=O) groups is 1. The molecule has 0 saturated heterocycles. The maximum absolute atomic E-state index is 12.0. The third-order valence-electron chi connectivity index (χ3n) is 1.95. The average Bonchev–Trinajstić information content (AvgIpc) is 1.86. The van der Waals surface area contributed by atoms with Crippen LogP contribution in [0.15, 0.2) is 0 Å². The molecule has 1 unspecified atom stereocenters. The Bertz CT molecular complexity index is 162. The molecule has 0 aliphatic heterocycles. The average molecular weight is 166 g/mol. The van der Waals surface area contributed by atoms with Crippen molar-refractivity contribution in [3.63, 3.8) is 0 Å². The highest BCUT2D eigenvalue weighted by molar-refractivity contribution is 5.79. The minimum atomic E-state index is -4.17. The molecule has 0 heterocycles. The van der Waals surface area contributed by atoms with Gasteiger partial charge in [0.25, 0.3) is 0 Å². The Kier molecular flexibility index (Phi) is 2.20. The first-order chi connectivity index (χ1) is 5.00. The summed E-state index contributed by atoms with van der Waals surface area (Å²) < 4.78 is 35.9. The second-order valence-electron chi connectivity index (χ2n) is 2.87. The topological polar surface area (TPSA) is 17.1 Å². The van der Waals surface area contributed by atoms with Gasteiger partial charge in [-0.05, 0) is 12.8 Å². The normalized spacial score (nSPS) is 27.2. The van der Waals surface area contributed by atoms with Crippen LogP contribution in [0.3, 0.4) is 0 Å². The van der Waals surface area contributed by atoms with Crippen LogP contribution < -0.4 is 0 Å². The summed E-state index contributed by atoms with van der Waals surface area (Å²) in [7, 11) is 0. The number of halogens is 3. The van der Waals surface area contributed by atoms with E-state index in [2.05, 4.69) is 0 Å². The zero-order chi connectivity index (χ0) is 8.48. The Balaban J connectivity index is 2.53. The van der Waals surface area contributed by atoms with Crippen LogP contribution in [-0.2, 0) is 4.79 Å². The van der Waals surface area contributed by atoms with Crippen molar-refractivity contribution in [2.75, 3.05) is 0 Å². The summed E-state index contributed by atoms with van der Waals surface area (Å²) in [4.78, 5) is 10.6. The van der Waals surface area contributed by atoms with Gasteiger partial charge in [0.05, 0.1) is 5.92 Å². The molecule has 0 aromatic rings. The summed E-state index contributed by atoms with van der Waals surface area (Å²) >= 11 is 0. The van der Waals surface area contributed by atoms with Crippen LogP contribution in [0.2, 0.25) is 0 Å². The molecule has 1 atom stereocenters. The minimum Gasteiger partial charge on any atom is -0.300 e. The molecule has 1 fully saturated rings. The predicted molar refractivity (Wildman–Crippen MR) is 33.0 cm³/mol. The molecule has 0 bridgehead atoms. The molecule has 1 rings (SSSR count). The molecule has 0 spiro atoms. The van der Waals surface area contributed by atoms with Gasteiger partial charge in [-0.3, -0.25) is 4.79 Å². The molecule has 4 heteroatoms. The Labute approximate surface area is 62.6 Å². The van der Waals surface area contributed by atoms with Gasteiger partial charge in [0.15, 0.2) is 0 Å². The Hall–Kier alpha value is -0.540. The third-order valence-corrected chi connectivity index (χ3v) is 1.95. The van der Waals surface area contributed by atoms with Gasteiger partial charge in [-0.15, -0.1) is 0 Å². The molecular weight excluding hydrogens is 157 g/mol. The number of hydrogen-bond donors (Lipinski definition) is 0. The SMILES string of the molecule is O=C1CCCC(C(F)(F)F)C1. The smallest absolute Gasteiger partial charge is 0.300 e. The van der Waals surface area contributed by atoms with Gasteiger partial charge in [0.2, 0.25) is 0 Å². The van der Waals surface area contributed by atoms with Crippen molar-refractivity contribution in [2.45, 2.75) is 31.9 Å². The van der Waals surface area contributed by atoms with Crippen molar-refractivity contribution in [1.29, 1.82) is 0 Å². The molecule has 1 aliphatic rings. The number of rotatable bonds is 0. The highest BCUT2D eigenvalue weighted by atomic mass is 19.4. The van der Waals surface area contributed by atoms with E-state index < -0.39 is 12.1 Å². The number of ketones is 1. The fraction of sp³-hybridized carbons (Fsp3) is 0.857. The summed E-state index contributed by atoms with van der Waals surface area (Å²) in [5.74, 6) is -1.62. The van der Waals surface area contributed by atoms with E-state index >= 15 is 0 Å². The van der Waals surface area contributed by atoms with E-state index in [4.69, 9.17) is 0 Å². The zero-order valence-corrected chi connectivity index (χ0v) is 5.95. The van der Waals surface area contributed by atoms with E-state index in [1.54, 1.807) is 0 Å². The number of hydrogen-bond acceptors (Lipinski definition) is 1. The van der Waals surface area contributed by atoms with E-state index in [1.165, 1.54) is 0 Å². The predicted octanol–water partition coefficient (Wildman–Crippen LogP) is 2.31. The molecule has 11 heavy (non-hydrogen) atoms. The van der Waals surface area contributed by atoms with Crippen molar-refractivity contribution in [3.8, 4) is 0 Å². The van der Waals surface area contributed by atoms with Crippen LogP contribution in [0.1, 0.15) is 25.7 Å². The summed E-state index contributed by atoms with van der Waals surface area (Å²) in [6.45, 7) is 0. The fourth-order valence-electron chi connectivity index (χ4n) is 1.30. The van der Waals surface area contributed by atoms with Crippen LogP contribution in [0, 0.1) is 5.92 Å². The lowest BCUT2D eigenvalue weighted by Crippen LogP contribution is -2.28. The van der Waals surface area contributed by atoms with Crippen molar-refractivity contribution < 1.29 is 18.0 Å². The fourth-order valence-corrected chi connectivity index (χ4v) is 1.30. The van der Waals surface area contributed by atoms with Crippen LogP contribution in [0.25, 0.3) is 0 Å². The zero-order valence-electron chi connectivity index (χ0n) is 5.95. The van der Waals surface area contributed by atoms with E-state index in [0.29, 0.717) is 12.8 Å². The van der Waals surface area contributed by atoms with Crippen LogP contribution in [0.4, 0.5) is 13.2 Å². The quantitative estimate of drug-likeness (QED) is 0.539. The van der Waals surface area contributed by atoms with Gasteiger partial charge >= 0.3 is 6.18 Å². The molecule has 1 saturated carbocycles. The van der Waals surface area contributed by atoms with Crippen molar-refractivity contribution in [2.24, 2.45) is 5.92 Å². The number of Topliss-reactive ketones (excluding diaryl/α,β-unsaturated/α-hetero) is 1. The third kappa shape index (κ3) is 2.20. The largest absolute Gasteiger partial charge is 0.392 e. The molecule has 1 aliphatic carbocycles. The van der Waals surface area contributed by atoms with Crippen LogP contribution in [0.5, 0.6) is 0 Å². The standard InChI is InChI=1S/C7H9F3O/c8-7(9,10)5-2-1-3-6(11)4-5/h5H,1-4H2. The molecule has 1 nitrogen and oxygen atoms in total.